The van der Waals surface area contributed by atoms with Crippen molar-refractivity contribution >= 4 is 10.8 Å². The molecule has 1 heterocycles. The zero-order valence-corrected chi connectivity index (χ0v) is 11.3. The van der Waals surface area contributed by atoms with Crippen molar-refractivity contribution in [3.63, 3.8) is 0 Å². The van der Waals surface area contributed by atoms with Gasteiger partial charge in [0.15, 0.2) is 0 Å². The van der Waals surface area contributed by atoms with Crippen molar-refractivity contribution in [1.29, 1.82) is 0 Å². The number of hydrogen-bond donors (Lipinski definition) is 1. The van der Waals surface area contributed by atoms with Crippen molar-refractivity contribution in [1.82, 2.24) is 5.32 Å². The normalized spacial score (nSPS) is 16.8. The number of nitrogens with one attached hydrogen (secondary N) is 1. The highest BCUT2D eigenvalue weighted by Gasteiger charge is 2.13. The maximum Gasteiger partial charge on any atom is 0.0469 e. The van der Waals surface area contributed by atoms with E-state index in [4.69, 9.17) is 4.74 Å². The molecule has 0 atom stereocenters. The summed E-state index contributed by atoms with van der Waals surface area (Å²) >= 11 is 0. The van der Waals surface area contributed by atoms with Crippen molar-refractivity contribution in [3.8, 4) is 0 Å². The van der Waals surface area contributed by atoms with Gasteiger partial charge >= 0.3 is 0 Å². The first-order chi connectivity index (χ1) is 9.43. The van der Waals surface area contributed by atoms with E-state index in [-0.39, 0.29) is 0 Å². The Bertz CT molecular complexity index is 526. The van der Waals surface area contributed by atoms with Gasteiger partial charge in [-0.05, 0) is 41.6 Å². The van der Waals surface area contributed by atoms with Crippen molar-refractivity contribution in [2.24, 2.45) is 5.92 Å². The number of rotatable bonds is 4. The highest BCUT2D eigenvalue weighted by molar-refractivity contribution is 5.85. The molecule has 1 N–H and O–H groups in total. The van der Waals surface area contributed by atoms with Gasteiger partial charge in [-0.3, -0.25) is 0 Å². The molecule has 2 heteroatoms. The summed E-state index contributed by atoms with van der Waals surface area (Å²) in [5.74, 6) is 0.781. The Hall–Kier alpha value is -1.38. The lowest BCUT2D eigenvalue weighted by molar-refractivity contribution is 0.0662. The molecule has 100 valence electrons. The topological polar surface area (TPSA) is 21.3 Å². The molecule has 19 heavy (non-hydrogen) atoms. The van der Waals surface area contributed by atoms with E-state index in [9.17, 15) is 0 Å². The Morgan fingerprint density at radius 2 is 1.79 bits per heavy atom. The van der Waals surface area contributed by atoms with Gasteiger partial charge in [-0.2, -0.15) is 0 Å². The molecule has 0 spiro atoms. The van der Waals surface area contributed by atoms with Crippen LogP contribution in [0.15, 0.2) is 42.5 Å². The zero-order chi connectivity index (χ0) is 12.9. The summed E-state index contributed by atoms with van der Waals surface area (Å²) in [6, 6.07) is 15.1. The summed E-state index contributed by atoms with van der Waals surface area (Å²) < 4.78 is 5.39. The molecule has 0 amide bonds. The standard InChI is InChI=1S/C17H21NO/c1-2-7-17-15(4-1)5-3-6-16(17)13-18-12-14-8-10-19-11-9-14/h1-7,14,18H,8-13H2. The molecular weight excluding hydrogens is 234 g/mol. The third-order valence-corrected chi connectivity index (χ3v) is 3.97. The van der Waals surface area contributed by atoms with E-state index >= 15 is 0 Å². The van der Waals surface area contributed by atoms with Gasteiger partial charge in [-0.1, -0.05) is 42.5 Å². The molecule has 0 bridgehead atoms. The van der Waals surface area contributed by atoms with Crippen LogP contribution in [0.2, 0.25) is 0 Å². The lowest BCUT2D eigenvalue weighted by atomic mass is 10.00. The molecule has 2 nitrogen and oxygen atoms in total. The Labute approximate surface area is 114 Å². The fourth-order valence-corrected chi connectivity index (χ4v) is 2.81. The quantitative estimate of drug-likeness (QED) is 0.904. The second-order valence-corrected chi connectivity index (χ2v) is 5.32. The molecule has 3 rings (SSSR count). The van der Waals surface area contributed by atoms with Crippen molar-refractivity contribution in [2.75, 3.05) is 19.8 Å². The first-order valence-corrected chi connectivity index (χ1v) is 7.18. The predicted molar refractivity (Wildman–Crippen MR) is 79.2 cm³/mol. The number of hydrogen-bond acceptors (Lipinski definition) is 2. The van der Waals surface area contributed by atoms with Gasteiger partial charge < -0.3 is 10.1 Å². The van der Waals surface area contributed by atoms with E-state index in [0.29, 0.717) is 0 Å². The van der Waals surface area contributed by atoms with Crippen LogP contribution in [0.3, 0.4) is 0 Å². The second-order valence-electron chi connectivity index (χ2n) is 5.32. The van der Waals surface area contributed by atoms with Gasteiger partial charge in [0, 0.05) is 19.8 Å². The molecule has 0 aliphatic carbocycles. The number of ether oxygens (including phenoxy) is 1. The minimum Gasteiger partial charge on any atom is -0.381 e. The minimum absolute atomic E-state index is 0.781. The van der Waals surface area contributed by atoms with Crippen LogP contribution in [-0.2, 0) is 11.3 Å². The van der Waals surface area contributed by atoms with Crippen LogP contribution >= 0.6 is 0 Å². The SMILES string of the molecule is c1ccc2c(CNCC3CCOCC3)cccc2c1. The summed E-state index contributed by atoms with van der Waals surface area (Å²) in [5.41, 5.74) is 1.39. The van der Waals surface area contributed by atoms with Crippen molar-refractivity contribution in [2.45, 2.75) is 19.4 Å². The van der Waals surface area contributed by atoms with E-state index in [1.165, 1.54) is 29.2 Å². The highest BCUT2D eigenvalue weighted by atomic mass is 16.5. The van der Waals surface area contributed by atoms with Crippen LogP contribution in [0.1, 0.15) is 18.4 Å². The van der Waals surface area contributed by atoms with Gasteiger partial charge in [0.1, 0.15) is 0 Å². The average Bonchev–Trinajstić information content (AvgIpc) is 2.49. The minimum atomic E-state index is 0.781. The lowest BCUT2D eigenvalue weighted by Gasteiger charge is -2.22. The Morgan fingerprint density at radius 1 is 1.00 bits per heavy atom. The van der Waals surface area contributed by atoms with Gasteiger partial charge in [0.05, 0.1) is 0 Å². The van der Waals surface area contributed by atoms with E-state index in [0.717, 1.165) is 32.2 Å². The molecule has 0 saturated carbocycles. The van der Waals surface area contributed by atoms with Crippen LogP contribution in [0, 0.1) is 5.92 Å². The van der Waals surface area contributed by atoms with Gasteiger partial charge in [-0.15, -0.1) is 0 Å². The number of benzene rings is 2. The molecule has 2 aromatic rings. The van der Waals surface area contributed by atoms with Crippen molar-refractivity contribution in [3.05, 3.63) is 48.0 Å². The van der Waals surface area contributed by atoms with Gasteiger partial charge in [0.2, 0.25) is 0 Å². The summed E-state index contributed by atoms with van der Waals surface area (Å²) in [4.78, 5) is 0. The van der Waals surface area contributed by atoms with Crippen LogP contribution in [0.25, 0.3) is 10.8 Å². The third-order valence-electron chi connectivity index (χ3n) is 3.97. The molecular formula is C17H21NO. The molecule has 1 saturated heterocycles. The maximum atomic E-state index is 5.39. The van der Waals surface area contributed by atoms with Crippen LogP contribution in [-0.4, -0.2) is 19.8 Å². The van der Waals surface area contributed by atoms with E-state index in [1.54, 1.807) is 0 Å². The summed E-state index contributed by atoms with van der Waals surface area (Å²) in [5, 5.41) is 6.30. The monoisotopic (exact) mass is 255 g/mol. The smallest absolute Gasteiger partial charge is 0.0469 e. The molecule has 0 radical (unpaired) electrons. The third kappa shape index (κ3) is 3.14. The van der Waals surface area contributed by atoms with E-state index in [2.05, 4.69) is 47.8 Å². The van der Waals surface area contributed by atoms with E-state index < -0.39 is 0 Å². The molecule has 2 aromatic carbocycles. The maximum absolute atomic E-state index is 5.39. The summed E-state index contributed by atoms with van der Waals surface area (Å²) in [7, 11) is 0. The Morgan fingerprint density at radius 3 is 2.68 bits per heavy atom. The van der Waals surface area contributed by atoms with E-state index in [1.807, 2.05) is 0 Å². The fourth-order valence-electron chi connectivity index (χ4n) is 2.81. The van der Waals surface area contributed by atoms with Crippen molar-refractivity contribution < 1.29 is 4.74 Å². The van der Waals surface area contributed by atoms with Gasteiger partial charge in [-0.25, -0.2) is 0 Å². The second kappa shape index (κ2) is 6.18. The van der Waals surface area contributed by atoms with Crippen LogP contribution in [0.4, 0.5) is 0 Å². The summed E-state index contributed by atoms with van der Waals surface area (Å²) in [6.07, 6.45) is 2.39. The number of fused-ring (bicyclic) bond motifs is 1. The first-order valence-electron chi connectivity index (χ1n) is 7.18. The lowest BCUT2D eigenvalue weighted by Crippen LogP contribution is -2.27. The largest absolute Gasteiger partial charge is 0.381 e. The molecule has 1 fully saturated rings. The highest BCUT2D eigenvalue weighted by Crippen LogP contribution is 2.19. The molecule has 1 aliphatic rings. The average molecular weight is 255 g/mol. The Kier molecular flexibility index (Phi) is 4.11. The fraction of sp³-hybridized carbons (Fsp3) is 0.412. The van der Waals surface area contributed by atoms with Crippen LogP contribution < -0.4 is 5.32 Å². The molecule has 1 aliphatic heterocycles. The first kappa shape index (κ1) is 12.6. The molecule has 0 aromatic heterocycles. The summed E-state index contributed by atoms with van der Waals surface area (Å²) in [6.45, 7) is 3.92. The Balaban J connectivity index is 1.62. The molecule has 0 unspecified atom stereocenters. The zero-order valence-electron chi connectivity index (χ0n) is 11.3. The van der Waals surface area contributed by atoms with Gasteiger partial charge in [0.25, 0.3) is 0 Å². The van der Waals surface area contributed by atoms with Crippen LogP contribution in [0.5, 0.6) is 0 Å². The predicted octanol–water partition coefficient (Wildman–Crippen LogP) is 3.36.